The smallest absolute Gasteiger partial charge is 0.136 e. The first-order valence-electron chi connectivity index (χ1n) is 18.5. The lowest BCUT2D eigenvalue weighted by atomic mass is 9.93. The van der Waals surface area contributed by atoms with E-state index in [1.54, 1.807) is 0 Å². The third kappa shape index (κ3) is 4.76. The second kappa shape index (κ2) is 12.4. The summed E-state index contributed by atoms with van der Waals surface area (Å²) in [6, 6.07) is 51.0. The van der Waals surface area contributed by atoms with E-state index in [-0.39, 0.29) is 0 Å². The van der Waals surface area contributed by atoms with Crippen LogP contribution in [-0.4, -0.2) is 22.0 Å². The lowest BCUT2D eigenvalue weighted by Crippen LogP contribution is -2.06. The van der Waals surface area contributed by atoms with Crippen molar-refractivity contribution in [3.05, 3.63) is 181 Å². The fraction of sp³-hybridized carbons (Fsp3) is 0.0200. The van der Waals surface area contributed by atoms with Crippen molar-refractivity contribution in [2.24, 2.45) is 9.98 Å². The molecule has 7 aromatic carbocycles. The summed E-state index contributed by atoms with van der Waals surface area (Å²) >= 11 is 0. The first kappa shape index (κ1) is 31.2. The van der Waals surface area contributed by atoms with E-state index in [1.807, 2.05) is 42.5 Å². The molecule has 0 unspecified atom stereocenters. The lowest BCUT2D eigenvalue weighted by Gasteiger charge is -2.15. The van der Waals surface area contributed by atoms with Gasteiger partial charge < -0.3 is 8.98 Å². The number of aliphatic imine (C=N–C) groups is 2. The number of allylic oxidation sites excluding steroid dienone is 5. The number of benzene rings is 7. The van der Waals surface area contributed by atoms with Crippen LogP contribution in [0.3, 0.4) is 0 Å². The number of hydrogen-bond acceptors (Lipinski definition) is 4. The number of pyridine rings is 1. The van der Waals surface area contributed by atoms with E-state index < -0.39 is 0 Å². The fourth-order valence-electron chi connectivity index (χ4n) is 8.61. The highest BCUT2D eigenvalue weighted by Gasteiger charge is 2.21. The van der Waals surface area contributed by atoms with Crippen molar-refractivity contribution in [3.63, 3.8) is 0 Å². The molecule has 0 atom stereocenters. The summed E-state index contributed by atoms with van der Waals surface area (Å²) in [4.78, 5) is 15.3. The Labute approximate surface area is 316 Å². The Bertz CT molecular complexity index is 3360. The van der Waals surface area contributed by atoms with E-state index in [4.69, 9.17) is 14.4 Å². The Morgan fingerprint density at radius 3 is 2.13 bits per heavy atom. The van der Waals surface area contributed by atoms with Crippen LogP contribution in [0.25, 0.3) is 93.1 Å². The van der Waals surface area contributed by atoms with Crippen LogP contribution in [0.1, 0.15) is 5.56 Å². The molecule has 1 aliphatic carbocycles. The monoisotopic (exact) mass is 704 g/mol. The summed E-state index contributed by atoms with van der Waals surface area (Å²) in [6.07, 6.45) is 8.19. The van der Waals surface area contributed by atoms with Gasteiger partial charge in [0, 0.05) is 54.4 Å². The molecule has 0 saturated heterocycles. The van der Waals surface area contributed by atoms with E-state index in [9.17, 15) is 0 Å². The Hall–Kier alpha value is -7.37. The summed E-state index contributed by atoms with van der Waals surface area (Å²) in [5.74, 6) is 0. The third-order valence-electron chi connectivity index (χ3n) is 11.0. The van der Waals surface area contributed by atoms with Gasteiger partial charge in [-0.25, -0.2) is 4.98 Å². The standard InChI is InChI=1S/C50H32N4O/c1-51-48(31-15-3-2-4-16-31)37-22-9-12-24-41(37)52-30-54-43-25-13-10-18-33(43)40-29-39(32-17-5-8-21-36(32)50(40)54)49-35-20-7-6-19-34(35)46-42(53-49)27-28-45-47(46)38-23-11-14-26-44(38)55-45/h2-29H,1,30H2/b48-37-,52-41-. The van der Waals surface area contributed by atoms with Crippen LogP contribution in [0.15, 0.2) is 190 Å². The molecule has 1 aliphatic rings. The van der Waals surface area contributed by atoms with Crippen molar-refractivity contribution in [3.8, 4) is 11.3 Å². The summed E-state index contributed by atoms with van der Waals surface area (Å²) in [7, 11) is 0. The van der Waals surface area contributed by atoms with Crippen LogP contribution in [-0.2, 0) is 6.67 Å². The molecule has 5 nitrogen and oxygen atoms in total. The van der Waals surface area contributed by atoms with Gasteiger partial charge in [0.15, 0.2) is 0 Å². The lowest BCUT2D eigenvalue weighted by molar-refractivity contribution is 0.669. The predicted octanol–water partition coefficient (Wildman–Crippen LogP) is 12.9. The van der Waals surface area contributed by atoms with Crippen molar-refractivity contribution in [2.75, 3.05) is 0 Å². The zero-order valence-corrected chi connectivity index (χ0v) is 29.8. The highest BCUT2D eigenvalue weighted by Crippen LogP contribution is 2.44. The molecule has 0 bridgehead atoms. The van der Waals surface area contributed by atoms with Crippen molar-refractivity contribution in [2.45, 2.75) is 6.67 Å². The number of furan rings is 1. The maximum atomic E-state index is 6.32. The average molecular weight is 705 g/mol. The van der Waals surface area contributed by atoms with Gasteiger partial charge in [0.25, 0.3) is 0 Å². The molecule has 0 aliphatic heterocycles. The van der Waals surface area contributed by atoms with Crippen LogP contribution < -0.4 is 0 Å². The zero-order valence-electron chi connectivity index (χ0n) is 29.8. The van der Waals surface area contributed by atoms with Crippen molar-refractivity contribution in [1.82, 2.24) is 9.55 Å². The minimum Gasteiger partial charge on any atom is -0.456 e. The van der Waals surface area contributed by atoms with Gasteiger partial charge in [-0.15, -0.1) is 0 Å². The predicted molar refractivity (Wildman–Crippen MR) is 231 cm³/mol. The first-order valence-corrected chi connectivity index (χ1v) is 18.5. The van der Waals surface area contributed by atoms with Gasteiger partial charge in [0.2, 0.25) is 0 Å². The number of aromatic nitrogens is 2. The van der Waals surface area contributed by atoms with Gasteiger partial charge in [-0.2, -0.15) is 0 Å². The molecule has 10 aromatic rings. The molecule has 0 radical (unpaired) electrons. The zero-order chi connectivity index (χ0) is 36.5. The van der Waals surface area contributed by atoms with Gasteiger partial charge in [-0.1, -0.05) is 133 Å². The minimum absolute atomic E-state index is 0.426. The molecule has 11 rings (SSSR count). The molecular formula is C50H32N4O. The normalized spacial score (nSPS) is 14.8. The number of para-hydroxylation sites is 2. The quantitative estimate of drug-likeness (QED) is 0.132. The van der Waals surface area contributed by atoms with Crippen molar-refractivity contribution >= 4 is 94.3 Å². The summed E-state index contributed by atoms with van der Waals surface area (Å²) in [6.45, 7) is 4.36. The Kier molecular flexibility index (Phi) is 7.01. The average Bonchev–Trinajstić information content (AvgIpc) is 3.79. The van der Waals surface area contributed by atoms with Crippen molar-refractivity contribution < 1.29 is 4.42 Å². The molecule has 55 heavy (non-hydrogen) atoms. The molecule has 0 amide bonds. The van der Waals surface area contributed by atoms with Gasteiger partial charge in [-0.05, 0) is 53.9 Å². The molecule has 3 heterocycles. The second-order valence-corrected chi connectivity index (χ2v) is 13.9. The number of hydrogen-bond donors (Lipinski definition) is 0. The van der Waals surface area contributed by atoms with E-state index in [0.29, 0.717) is 6.67 Å². The summed E-state index contributed by atoms with van der Waals surface area (Å²) in [5, 5.41) is 10.2. The number of nitrogens with zero attached hydrogens (tertiary/aromatic N) is 4. The Morgan fingerprint density at radius 1 is 0.600 bits per heavy atom. The molecule has 5 heteroatoms. The first-order chi connectivity index (χ1) is 27.3. The summed E-state index contributed by atoms with van der Waals surface area (Å²) < 4.78 is 8.67. The van der Waals surface area contributed by atoms with Crippen LogP contribution in [0.2, 0.25) is 0 Å². The van der Waals surface area contributed by atoms with Gasteiger partial charge in [0.05, 0.1) is 33.7 Å². The third-order valence-corrected chi connectivity index (χ3v) is 11.0. The number of rotatable bonds is 5. The molecular weight excluding hydrogens is 673 g/mol. The van der Waals surface area contributed by atoms with Crippen LogP contribution in [0.5, 0.6) is 0 Å². The van der Waals surface area contributed by atoms with Gasteiger partial charge in [0.1, 0.15) is 17.8 Å². The highest BCUT2D eigenvalue weighted by atomic mass is 16.3. The Balaban J connectivity index is 1.16. The number of fused-ring (bicyclic) bond motifs is 12. The minimum atomic E-state index is 0.426. The maximum absolute atomic E-state index is 6.32. The molecule has 258 valence electrons. The van der Waals surface area contributed by atoms with E-state index in [2.05, 4.69) is 144 Å². The second-order valence-electron chi connectivity index (χ2n) is 13.9. The fourth-order valence-corrected chi connectivity index (χ4v) is 8.61. The molecule has 0 fully saturated rings. The summed E-state index contributed by atoms with van der Waals surface area (Å²) in [5.41, 5.74) is 10.7. The highest BCUT2D eigenvalue weighted by molar-refractivity contribution is 6.29. The maximum Gasteiger partial charge on any atom is 0.136 e. The van der Waals surface area contributed by atoms with Gasteiger partial charge >= 0.3 is 0 Å². The van der Waals surface area contributed by atoms with Crippen LogP contribution >= 0.6 is 0 Å². The van der Waals surface area contributed by atoms with E-state index >= 15 is 0 Å². The molecule has 0 N–H and O–H groups in total. The Morgan fingerprint density at radius 2 is 1.29 bits per heavy atom. The van der Waals surface area contributed by atoms with E-state index in [0.717, 1.165) is 99.2 Å². The van der Waals surface area contributed by atoms with E-state index in [1.165, 1.54) is 10.8 Å². The topological polar surface area (TPSA) is 55.7 Å². The molecule has 0 saturated carbocycles. The van der Waals surface area contributed by atoms with Gasteiger partial charge in [-0.3, -0.25) is 9.98 Å². The van der Waals surface area contributed by atoms with Crippen LogP contribution in [0, 0.1) is 0 Å². The molecule has 0 spiro atoms. The molecule has 3 aromatic heterocycles. The SMILES string of the molecule is C=N/C(=C1/C=CC=C/C1=N/Cn1c2ccccc2c2cc(-c3nc4ccc5oc6ccccc6c5c4c4ccccc34)c3ccccc3c21)c1ccccc1. The van der Waals surface area contributed by atoms with Crippen LogP contribution in [0.4, 0.5) is 0 Å². The largest absolute Gasteiger partial charge is 0.456 e. The van der Waals surface area contributed by atoms with Crippen molar-refractivity contribution in [1.29, 1.82) is 0 Å².